The molecular weight excluding hydrogens is 404 g/mol. The number of methoxy groups -OCH3 is 1. The molecule has 1 aromatic heterocycles. The number of aromatic nitrogens is 2. The van der Waals surface area contributed by atoms with Gasteiger partial charge in [0.05, 0.1) is 17.7 Å². The van der Waals surface area contributed by atoms with Crippen LogP contribution in [0.3, 0.4) is 0 Å². The Balaban J connectivity index is 2.12. The van der Waals surface area contributed by atoms with E-state index in [1.807, 2.05) is 0 Å². The van der Waals surface area contributed by atoms with Crippen molar-refractivity contribution < 1.29 is 19.6 Å². The van der Waals surface area contributed by atoms with Gasteiger partial charge in [-0.3, -0.25) is 14.9 Å². The predicted molar refractivity (Wildman–Crippen MR) is 110 cm³/mol. The number of carboxylic acid groups (broad SMARTS) is 1. The second kappa shape index (κ2) is 8.71. The summed E-state index contributed by atoms with van der Waals surface area (Å²) >= 11 is 0. The highest BCUT2D eigenvalue weighted by Gasteiger charge is 2.21. The van der Waals surface area contributed by atoms with Gasteiger partial charge in [-0.15, -0.1) is 0 Å². The molecule has 3 rings (SSSR count). The first-order chi connectivity index (χ1) is 14.8. The third-order valence-corrected chi connectivity index (χ3v) is 4.31. The molecule has 1 heterocycles. The number of nitro groups is 1. The number of nitrogens with zero attached hydrogens (tertiary/aromatic N) is 4. The molecule has 0 saturated heterocycles. The predicted octanol–water partition coefficient (Wildman–Crippen LogP) is 2.89. The molecule has 0 aliphatic carbocycles. The van der Waals surface area contributed by atoms with Crippen molar-refractivity contribution in [2.24, 2.45) is 0 Å². The van der Waals surface area contributed by atoms with Gasteiger partial charge in [-0.05, 0) is 42.0 Å². The van der Waals surface area contributed by atoms with Crippen LogP contribution in [-0.4, -0.2) is 32.9 Å². The van der Waals surface area contributed by atoms with E-state index in [2.05, 4.69) is 5.10 Å². The lowest BCUT2D eigenvalue weighted by Gasteiger charge is -2.10. The average Bonchev–Trinajstić information content (AvgIpc) is 2.77. The summed E-state index contributed by atoms with van der Waals surface area (Å²) in [5.41, 5.74) is -1.19. The van der Waals surface area contributed by atoms with Crippen LogP contribution in [0.4, 0.5) is 5.69 Å². The van der Waals surface area contributed by atoms with E-state index in [0.29, 0.717) is 11.3 Å². The van der Waals surface area contributed by atoms with Gasteiger partial charge in [0.2, 0.25) is 0 Å². The van der Waals surface area contributed by atoms with Crippen molar-refractivity contribution in [3.63, 3.8) is 0 Å². The van der Waals surface area contributed by atoms with Gasteiger partial charge >= 0.3 is 5.97 Å². The smallest absolute Gasteiger partial charge is 0.357 e. The maximum atomic E-state index is 12.8. The first kappa shape index (κ1) is 20.9. The topological polar surface area (TPSA) is 148 Å². The molecule has 2 aromatic carbocycles. The van der Waals surface area contributed by atoms with E-state index in [0.717, 1.165) is 4.68 Å². The highest BCUT2D eigenvalue weighted by molar-refractivity contribution is 5.92. The zero-order valence-electron chi connectivity index (χ0n) is 16.1. The summed E-state index contributed by atoms with van der Waals surface area (Å²) in [6.45, 7) is 0. The minimum Gasteiger partial charge on any atom is -0.497 e. The number of ether oxygens (including phenoxy) is 1. The normalized spacial score (nSPS) is 10.6. The number of hydrogen-bond donors (Lipinski definition) is 1. The molecule has 1 N–H and O–H groups in total. The minimum atomic E-state index is -1.43. The summed E-state index contributed by atoms with van der Waals surface area (Å²) in [6.07, 6.45) is 2.71. The molecule has 0 saturated carbocycles. The molecular formula is C21H14N4O6. The summed E-state index contributed by atoms with van der Waals surface area (Å²) in [5, 5.41) is 33.8. The third kappa shape index (κ3) is 4.30. The molecule has 10 nitrogen and oxygen atoms in total. The lowest BCUT2D eigenvalue weighted by Crippen LogP contribution is -2.28. The van der Waals surface area contributed by atoms with Gasteiger partial charge < -0.3 is 9.84 Å². The van der Waals surface area contributed by atoms with E-state index in [9.17, 15) is 30.1 Å². The maximum Gasteiger partial charge on any atom is 0.357 e. The zero-order valence-corrected chi connectivity index (χ0v) is 16.1. The van der Waals surface area contributed by atoms with Crippen molar-refractivity contribution in [1.82, 2.24) is 9.78 Å². The van der Waals surface area contributed by atoms with Crippen LogP contribution in [0.1, 0.15) is 27.2 Å². The van der Waals surface area contributed by atoms with Crippen LogP contribution in [0.15, 0.2) is 53.3 Å². The average molecular weight is 418 g/mol. The molecule has 0 bridgehead atoms. The zero-order chi connectivity index (χ0) is 22.5. The second-order valence-electron chi connectivity index (χ2n) is 6.15. The number of nitriles is 1. The van der Waals surface area contributed by atoms with Crippen LogP contribution >= 0.6 is 0 Å². The van der Waals surface area contributed by atoms with Gasteiger partial charge in [0.1, 0.15) is 17.4 Å². The molecule has 3 aromatic rings. The minimum absolute atomic E-state index is 0.107. The van der Waals surface area contributed by atoms with E-state index in [4.69, 9.17) is 4.74 Å². The van der Waals surface area contributed by atoms with Gasteiger partial charge in [-0.25, -0.2) is 4.79 Å². The van der Waals surface area contributed by atoms with Crippen LogP contribution in [0.25, 0.3) is 17.8 Å². The summed E-state index contributed by atoms with van der Waals surface area (Å²) in [4.78, 5) is 34.8. The molecule has 0 radical (unpaired) electrons. The second-order valence-corrected chi connectivity index (χ2v) is 6.15. The summed E-state index contributed by atoms with van der Waals surface area (Å²) in [5.74, 6) is -0.902. The fourth-order valence-corrected chi connectivity index (χ4v) is 2.75. The molecule has 10 heteroatoms. The third-order valence-electron chi connectivity index (χ3n) is 4.31. The molecule has 0 aliphatic heterocycles. The van der Waals surface area contributed by atoms with Gasteiger partial charge in [0.15, 0.2) is 5.69 Å². The van der Waals surface area contributed by atoms with Gasteiger partial charge in [-0.2, -0.15) is 15.0 Å². The Kier molecular flexibility index (Phi) is 5.88. The van der Waals surface area contributed by atoms with Gasteiger partial charge in [0.25, 0.3) is 11.2 Å². The molecule has 0 aliphatic rings. The lowest BCUT2D eigenvalue weighted by molar-refractivity contribution is -0.384. The van der Waals surface area contributed by atoms with Crippen molar-refractivity contribution >= 4 is 23.8 Å². The standard InChI is InChI=1S/C21H14N4O6/c1-31-16-9-7-14(8-10-16)24-20(26)18(12-22)17(19(23-24)21(27)28)11-4-13-2-5-15(6-3-13)25(29)30/h2-11H,1H3,(H,27,28)/b11-4-. The molecule has 0 unspecified atom stereocenters. The highest BCUT2D eigenvalue weighted by atomic mass is 16.6. The number of aromatic carboxylic acids is 1. The van der Waals surface area contributed by atoms with E-state index in [-0.39, 0.29) is 16.9 Å². The fourth-order valence-electron chi connectivity index (χ4n) is 2.75. The van der Waals surface area contributed by atoms with Crippen LogP contribution in [-0.2, 0) is 0 Å². The maximum absolute atomic E-state index is 12.8. The summed E-state index contributed by atoms with van der Waals surface area (Å²) < 4.78 is 5.89. The number of rotatable bonds is 6. The molecule has 0 spiro atoms. The van der Waals surface area contributed by atoms with E-state index < -0.39 is 27.7 Å². The van der Waals surface area contributed by atoms with E-state index in [1.165, 1.54) is 55.7 Å². The number of carbonyl (C=O) groups is 1. The monoisotopic (exact) mass is 418 g/mol. The molecule has 0 atom stereocenters. The summed E-state index contributed by atoms with van der Waals surface area (Å²) in [7, 11) is 1.47. The Bertz CT molecular complexity index is 1290. The van der Waals surface area contributed by atoms with Crippen LogP contribution in [0.2, 0.25) is 0 Å². The van der Waals surface area contributed by atoms with Crippen molar-refractivity contribution in [2.45, 2.75) is 0 Å². The lowest BCUT2D eigenvalue weighted by atomic mass is 10.1. The number of hydrogen-bond acceptors (Lipinski definition) is 7. The Morgan fingerprint density at radius 3 is 2.35 bits per heavy atom. The Morgan fingerprint density at radius 1 is 1.19 bits per heavy atom. The van der Waals surface area contributed by atoms with Crippen molar-refractivity contribution in [1.29, 1.82) is 5.26 Å². The highest BCUT2D eigenvalue weighted by Crippen LogP contribution is 2.19. The Morgan fingerprint density at radius 2 is 1.84 bits per heavy atom. The molecule has 0 fully saturated rings. The number of nitro benzene ring substituents is 1. The first-order valence-corrected chi connectivity index (χ1v) is 8.73. The van der Waals surface area contributed by atoms with E-state index in [1.54, 1.807) is 18.2 Å². The van der Waals surface area contributed by atoms with Crippen molar-refractivity contribution in [2.75, 3.05) is 7.11 Å². The van der Waals surface area contributed by atoms with Crippen molar-refractivity contribution in [3.05, 3.63) is 91.4 Å². The quantitative estimate of drug-likeness (QED) is 0.474. The SMILES string of the molecule is COc1ccc(-n2nc(C(=O)O)c(/C=C\c3ccc([N+](=O)[O-])cc3)c(C#N)c2=O)cc1. The van der Waals surface area contributed by atoms with Crippen LogP contribution < -0.4 is 10.3 Å². The van der Waals surface area contributed by atoms with E-state index >= 15 is 0 Å². The van der Waals surface area contributed by atoms with Crippen LogP contribution in [0, 0.1) is 21.4 Å². The number of carboxylic acids is 1. The largest absolute Gasteiger partial charge is 0.497 e. The first-order valence-electron chi connectivity index (χ1n) is 8.73. The molecule has 154 valence electrons. The Labute approximate surface area is 175 Å². The number of non-ortho nitro benzene ring substituents is 1. The van der Waals surface area contributed by atoms with Gasteiger partial charge in [-0.1, -0.05) is 12.2 Å². The molecule has 0 amide bonds. The number of benzene rings is 2. The Hall–Kier alpha value is -4.78. The fraction of sp³-hybridized carbons (Fsp3) is 0.0476. The van der Waals surface area contributed by atoms with Crippen molar-refractivity contribution in [3.8, 4) is 17.5 Å². The van der Waals surface area contributed by atoms with Gasteiger partial charge in [0, 0.05) is 17.7 Å². The molecule has 31 heavy (non-hydrogen) atoms. The summed E-state index contributed by atoms with van der Waals surface area (Å²) in [6, 6.07) is 13.4. The van der Waals surface area contributed by atoms with Crippen LogP contribution in [0.5, 0.6) is 5.75 Å².